The quantitative estimate of drug-likeness (QED) is 0.660. The molecule has 21 heavy (non-hydrogen) atoms. The topological polar surface area (TPSA) is 49.3 Å². The zero-order valence-corrected chi connectivity index (χ0v) is 15.0. The van der Waals surface area contributed by atoms with E-state index in [4.69, 9.17) is 4.98 Å². The van der Waals surface area contributed by atoms with Crippen molar-refractivity contribution < 1.29 is 0 Å². The minimum Gasteiger partial charge on any atom is -0.355 e. The summed E-state index contributed by atoms with van der Waals surface area (Å²) >= 11 is 3.77. The van der Waals surface area contributed by atoms with Gasteiger partial charge in [-0.3, -0.25) is 4.99 Å². The van der Waals surface area contributed by atoms with Crippen molar-refractivity contribution in [3.8, 4) is 0 Å². The average Bonchev–Trinajstić information content (AvgIpc) is 3.09. The Balaban J connectivity index is 1.78. The molecule has 1 aliphatic heterocycles. The van der Waals surface area contributed by atoms with E-state index in [1.165, 1.54) is 18.6 Å². The first-order valence-corrected chi connectivity index (χ1v) is 9.43. The summed E-state index contributed by atoms with van der Waals surface area (Å²) < 4.78 is 0. The molecular weight excluding hydrogens is 300 g/mol. The van der Waals surface area contributed by atoms with Crippen LogP contribution in [-0.2, 0) is 12.0 Å². The lowest BCUT2D eigenvalue weighted by molar-refractivity contribution is 0.570. The van der Waals surface area contributed by atoms with Crippen molar-refractivity contribution in [1.29, 1.82) is 0 Å². The Labute approximate surface area is 136 Å². The normalized spacial score (nSPS) is 19.8. The van der Waals surface area contributed by atoms with Crippen molar-refractivity contribution in [3.05, 3.63) is 16.1 Å². The number of rotatable bonds is 4. The molecule has 0 spiro atoms. The van der Waals surface area contributed by atoms with Crippen LogP contribution in [0.3, 0.4) is 0 Å². The molecule has 2 heterocycles. The molecule has 1 saturated heterocycles. The standard InChI is InChI=1S/C15H26N4S2/c1-15(2,3)12-10-21-13(19-12)9-18-14(16-4)17-8-11-6-5-7-20-11/h10-11H,5-9H2,1-4H3,(H2,16,17,18). The Morgan fingerprint density at radius 2 is 2.24 bits per heavy atom. The second-order valence-corrected chi connectivity index (χ2v) is 8.67. The third kappa shape index (κ3) is 5.18. The van der Waals surface area contributed by atoms with E-state index in [2.05, 4.69) is 53.5 Å². The Morgan fingerprint density at radius 3 is 2.81 bits per heavy atom. The number of thioether (sulfide) groups is 1. The lowest BCUT2D eigenvalue weighted by Gasteiger charge is -2.15. The molecular formula is C15H26N4S2. The highest BCUT2D eigenvalue weighted by Gasteiger charge is 2.18. The van der Waals surface area contributed by atoms with Gasteiger partial charge < -0.3 is 10.6 Å². The molecule has 1 aliphatic rings. The first-order chi connectivity index (χ1) is 9.99. The fraction of sp³-hybridized carbons (Fsp3) is 0.733. The van der Waals surface area contributed by atoms with Crippen LogP contribution in [0.1, 0.15) is 44.3 Å². The number of thiazole rings is 1. The average molecular weight is 327 g/mol. The highest BCUT2D eigenvalue weighted by atomic mass is 32.2. The van der Waals surface area contributed by atoms with Crippen LogP contribution >= 0.6 is 23.1 Å². The third-order valence-corrected chi connectivity index (χ3v) is 5.72. The molecule has 0 saturated carbocycles. The van der Waals surface area contributed by atoms with Gasteiger partial charge in [-0.15, -0.1) is 11.3 Å². The van der Waals surface area contributed by atoms with E-state index in [1.807, 2.05) is 7.05 Å². The number of guanidine groups is 1. The second kappa shape index (κ2) is 7.49. The lowest BCUT2D eigenvalue weighted by atomic mass is 9.93. The van der Waals surface area contributed by atoms with Gasteiger partial charge in [0, 0.05) is 29.6 Å². The van der Waals surface area contributed by atoms with Gasteiger partial charge in [-0.05, 0) is 18.6 Å². The molecule has 0 radical (unpaired) electrons. The first kappa shape index (κ1) is 16.6. The van der Waals surface area contributed by atoms with Crippen molar-refractivity contribution in [1.82, 2.24) is 15.6 Å². The number of aliphatic imine (C=N–C) groups is 1. The SMILES string of the molecule is CN=C(NCc1nc(C(C)(C)C)cs1)NCC1CCCS1. The minimum absolute atomic E-state index is 0.119. The first-order valence-electron chi connectivity index (χ1n) is 7.50. The minimum atomic E-state index is 0.119. The van der Waals surface area contributed by atoms with Crippen LogP contribution in [0.15, 0.2) is 10.4 Å². The summed E-state index contributed by atoms with van der Waals surface area (Å²) in [5, 5.41) is 10.8. The van der Waals surface area contributed by atoms with Crippen LogP contribution in [0.4, 0.5) is 0 Å². The molecule has 0 bridgehead atoms. The maximum atomic E-state index is 4.69. The molecule has 1 atom stereocenters. The Kier molecular flexibility index (Phi) is 5.93. The van der Waals surface area contributed by atoms with E-state index in [-0.39, 0.29) is 5.41 Å². The Morgan fingerprint density at radius 1 is 1.43 bits per heavy atom. The largest absolute Gasteiger partial charge is 0.355 e. The molecule has 1 fully saturated rings. The number of aromatic nitrogens is 1. The number of nitrogens with zero attached hydrogens (tertiary/aromatic N) is 2. The third-order valence-electron chi connectivity index (χ3n) is 3.47. The van der Waals surface area contributed by atoms with Gasteiger partial charge in [0.2, 0.25) is 0 Å². The van der Waals surface area contributed by atoms with Crippen LogP contribution in [0, 0.1) is 0 Å². The van der Waals surface area contributed by atoms with Crippen molar-refractivity contribution in [3.63, 3.8) is 0 Å². The monoisotopic (exact) mass is 326 g/mol. The second-order valence-electron chi connectivity index (χ2n) is 6.32. The van der Waals surface area contributed by atoms with Gasteiger partial charge in [0.15, 0.2) is 5.96 Å². The molecule has 0 amide bonds. The fourth-order valence-electron chi connectivity index (χ4n) is 2.13. The van der Waals surface area contributed by atoms with Gasteiger partial charge in [-0.1, -0.05) is 20.8 Å². The molecule has 1 aromatic rings. The number of nitrogens with one attached hydrogen (secondary N) is 2. The summed E-state index contributed by atoms with van der Waals surface area (Å²) in [4.78, 5) is 8.98. The van der Waals surface area contributed by atoms with E-state index in [1.54, 1.807) is 11.3 Å². The van der Waals surface area contributed by atoms with Crippen LogP contribution in [0.25, 0.3) is 0 Å². The predicted molar refractivity (Wildman–Crippen MR) is 94.5 cm³/mol. The highest BCUT2D eigenvalue weighted by Crippen LogP contribution is 2.25. The van der Waals surface area contributed by atoms with Gasteiger partial charge in [0.1, 0.15) is 5.01 Å². The van der Waals surface area contributed by atoms with E-state index in [0.29, 0.717) is 0 Å². The van der Waals surface area contributed by atoms with E-state index < -0.39 is 0 Å². The molecule has 1 unspecified atom stereocenters. The highest BCUT2D eigenvalue weighted by molar-refractivity contribution is 8.00. The maximum Gasteiger partial charge on any atom is 0.191 e. The maximum absolute atomic E-state index is 4.69. The summed E-state index contributed by atoms with van der Waals surface area (Å²) in [6.45, 7) is 8.31. The van der Waals surface area contributed by atoms with Gasteiger partial charge in [-0.25, -0.2) is 4.98 Å². The van der Waals surface area contributed by atoms with Crippen molar-refractivity contribution in [2.75, 3.05) is 19.3 Å². The van der Waals surface area contributed by atoms with Crippen molar-refractivity contribution in [2.45, 2.75) is 50.8 Å². The van der Waals surface area contributed by atoms with E-state index in [9.17, 15) is 0 Å². The van der Waals surface area contributed by atoms with E-state index in [0.717, 1.165) is 35.0 Å². The van der Waals surface area contributed by atoms with Gasteiger partial charge in [0.25, 0.3) is 0 Å². The van der Waals surface area contributed by atoms with Gasteiger partial charge in [-0.2, -0.15) is 11.8 Å². The molecule has 0 aromatic carbocycles. The molecule has 118 valence electrons. The number of hydrogen-bond donors (Lipinski definition) is 2. The van der Waals surface area contributed by atoms with Crippen LogP contribution in [0.5, 0.6) is 0 Å². The lowest BCUT2D eigenvalue weighted by Crippen LogP contribution is -2.39. The Hall–Kier alpha value is -0.750. The van der Waals surface area contributed by atoms with Crippen molar-refractivity contribution >= 4 is 29.1 Å². The predicted octanol–water partition coefficient (Wildman–Crippen LogP) is 3.00. The zero-order valence-electron chi connectivity index (χ0n) is 13.4. The van der Waals surface area contributed by atoms with E-state index >= 15 is 0 Å². The summed E-state index contributed by atoms with van der Waals surface area (Å²) in [5.41, 5.74) is 1.28. The summed E-state index contributed by atoms with van der Waals surface area (Å²) in [5.74, 6) is 2.17. The fourth-order valence-corrected chi connectivity index (χ4v) is 4.29. The molecule has 2 N–H and O–H groups in total. The van der Waals surface area contributed by atoms with Crippen LogP contribution in [0.2, 0.25) is 0 Å². The summed E-state index contributed by atoms with van der Waals surface area (Å²) in [6.07, 6.45) is 2.66. The smallest absolute Gasteiger partial charge is 0.191 e. The zero-order chi connectivity index (χ0) is 15.3. The van der Waals surface area contributed by atoms with Crippen molar-refractivity contribution in [2.24, 2.45) is 4.99 Å². The number of hydrogen-bond acceptors (Lipinski definition) is 4. The summed E-state index contributed by atoms with van der Waals surface area (Å²) in [6, 6.07) is 0. The molecule has 6 heteroatoms. The molecule has 1 aromatic heterocycles. The van der Waals surface area contributed by atoms with Crippen LogP contribution < -0.4 is 10.6 Å². The van der Waals surface area contributed by atoms with Crippen LogP contribution in [-0.4, -0.2) is 35.5 Å². The molecule has 0 aliphatic carbocycles. The molecule has 4 nitrogen and oxygen atoms in total. The van der Waals surface area contributed by atoms with Gasteiger partial charge >= 0.3 is 0 Å². The summed E-state index contributed by atoms with van der Waals surface area (Å²) in [7, 11) is 1.82. The van der Waals surface area contributed by atoms with Gasteiger partial charge in [0.05, 0.1) is 12.2 Å². The molecule has 2 rings (SSSR count). The Bertz CT molecular complexity index is 470.